The Balaban J connectivity index is 1.64. The van der Waals surface area contributed by atoms with Crippen molar-refractivity contribution >= 4 is 23.2 Å². The molecule has 2 aliphatic rings. The van der Waals surface area contributed by atoms with Crippen molar-refractivity contribution in [3.63, 3.8) is 0 Å². The van der Waals surface area contributed by atoms with Crippen molar-refractivity contribution in [2.75, 3.05) is 29.9 Å². The summed E-state index contributed by atoms with van der Waals surface area (Å²) >= 11 is 0. The average molecular weight is 301 g/mol. The van der Waals surface area contributed by atoms with Crippen LogP contribution < -0.4 is 10.2 Å². The van der Waals surface area contributed by atoms with Gasteiger partial charge in [0.15, 0.2) is 0 Å². The predicted octanol–water partition coefficient (Wildman–Crippen LogP) is 2.24. The van der Waals surface area contributed by atoms with E-state index in [1.54, 1.807) is 0 Å². The third kappa shape index (κ3) is 2.93. The molecule has 2 fully saturated rings. The third-order valence-electron chi connectivity index (χ3n) is 4.49. The van der Waals surface area contributed by atoms with E-state index in [0.717, 1.165) is 18.8 Å². The van der Waals surface area contributed by atoms with E-state index in [0.29, 0.717) is 6.54 Å². The van der Waals surface area contributed by atoms with E-state index < -0.39 is 6.04 Å². The Kier molecular flexibility index (Phi) is 4.32. The van der Waals surface area contributed by atoms with Gasteiger partial charge in [0, 0.05) is 31.0 Å². The van der Waals surface area contributed by atoms with Crippen LogP contribution in [0.5, 0.6) is 0 Å². The number of likely N-dealkylation sites (N-methyl/N-ethyl adjacent to an activating group) is 1. The van der Waals surface area contributed by atoms with Gasteiger partial charge < -0.3 is 10.2 Å². The lowest BCUT2D eigenvalue weighted by Gasteiger charge is -2.29. The van der Waals surface area contributed by atoms with Crippen molar-refractivity contribution in [2.45, 2.75) is 38.6 Å². The highest BCUT2D eigenvalue weighted by Gasteiger charge is 2.37. The SMILES string of the molecule is CCN1C(=O)CC(Nc2ccc(N3CCCCC3)cc2)C1=O. The molecule has 1 aromatic rings. The molecule has 1 atom stereocenters. The number of carbonyl (C=O) groups is 2. The van der Waals surface area contributed by atoms with E-state index in [4.69, 9.17) is 0 Å². The van der Waals surface area contributed by atoms with Crippen LogP contribution in [0.25, 0.3) is 0 Å². The van der Waals surface area contributed by atoms with E-state index in [1.807, 2.05) is 19.1 Å². The molecule has 2 heterocycles. The minimum atomic E-state index is -0.423. The summed E-state index contributed by atoms with van der Waals surface area (Å²) in [5.41, 5.74) is 2.12. The minimum absolute atomic E-state index is 0.0880. The molecule has 0 radical (unpaired) electrons. The number of piperidine rings is 1. The summed E-state index contributed by atoms with van der Waals surface area (Å²) in [7, 11) is 0. The smallest absolute Gasteiger partial charge is 0.252 e. The van der Waals surface area contributed by atoms with Gasteiger partial charge in [0.25, 0.3) is 5.91 Å². The largest absolute Gasteiger partial charge is 0.373 e. The molecular weight excluding hydrogens is 278 g/mol. The molecule has 2 aliphatic heterocycles. The van der Waals surface area contributed by atoms with E-state index >= 15 is 0 Å². The number of nitrogens with zero attached hydrogens (tertiary/aromatic N) is 2. The van der Waals surface area contributed by atoms with Gasteiger partial charge in [-0.2, -0.15) is 0 Å². The molecule has 1 N–H and O–H groups in total. The van der Waals surface area contributed by atoms with Gasteiger partial charge in [-0.15, -0.1) is 0 Å². The Morgan fingerprint density at radius 1 is 1.09 bits per heavy atom. The molecule has 0 aromatic heterocycles. The van der Waals surface area contributed by atoms with Crippen molar-refractivity contribution in [1.82, 2.24) is 4.90 Å². The van der Waals surface area contributed by atoms with Crippen molar-refractivity contribution in [1.29, 1.82) is 0 Å². The van der Waals surface area contributed by atoms with Crippen LogP contribution in [-0.4, -0.2) is 42.4 Å². The first-order valence-electron chi connectivity index (χ1n) is 8.15. The van der Waals surface area contributed by atoms with Crippen molar-refractivity contribution in [3.8, 4) is 0 Å². The number of imide groups is 1. The van der Waals surface area contributed by atoms with Crippen LogP contribution in [0.1, 0.15) is 32.6 Å². The van der Waals surface area contributed by atoms with Gasteiger partial charge in [-0.05, 0) is 50.5 Å². The third-order valence-corrected chi connectivity index (χ3v) is 4.49. The second kappa shape index (κ2) is 6.38. The lowest BCUT2D eigenvalue weighted by Crippen LogP contribution is -2.34. The lowest BCUT2D eigenvalue weighted by atomic mass is 10.1. The summed E-state index contributed by atoms with van der Waals surface area (Å²) in [5.74, 6) is -0.206. The van der Waals surface area contributed by atoms with Gasteiger partial charge in [0.1, 0.15) is 6.04 Å². The molecule has 3 rings (SSSR count). The average Bonchev–Trinajstić information content (AvgIpc) is 2.82. The van der Waals surface area contributed by atoms with Gasteiger partial charge in [-0.3, -0.25) is 14.5 Å². The Hall–Kier alpha value is -2.04. The Morgan fingerprint density at radius 3 is 2.36 bits per heavy atom. The normalized spacial score (nSPS) is 22.3. The van der Waals surface area contributed by atoms with Gasteiger partial charge in [0.05, 0.1) is 6.42 Å². The molecule has 118 valence electrons. The minimum Gasteiger partial charge on any atom is -0.373 e. The fourth-order valence-corrected chi connectivity index (χ4v) is 3.25. The molecule has 2 amide bonds. The number of anilines is 2. The highest BCUT2D eigenvalue weighted by atomic mass is 16.2. The number of hydrogen-bond acceptors (Lipinski definition) is 4. The molecular formula is C17H23N3O2. The van der Waals surface area contributed by atoms with Gasteiger partial charge in [-0.1, -0.05) is 0 Å². The molecule has 5 heteroatoms. The molecule has 0 aliphatic carbocycles. The second-order valence-corrected chi connectivity index (χ2v) is 5.97. The monoisotopic (exact) mass is 301 g/mol. The number of carbonyl (C=O) groups excluding carboxylic acids is 2. The van der Waals surface area contributed by atoms with Gasteiger partial charge in [-0.25, -0.2) is 0 Å². The first-order chi connectivity index (χ1) is 10.7. The summed E-state index contributed by atoms with van der Waals surface area (Å²) < 4.78 is 0. The highest BCUT2D eigenvalue weighted by molar-refractivity contribution is 6.06. The maximum atomic E-state index is 12.1. The number of benzene rings is 1. The fourth-order valence-electron chi connectivity index (χ4n) is 3.25. The number of hydrogen-bond donors (Lipinski definition) is 1. The molecule has 2 saturated heterocycles. The summed E-state index contributed by atoms with van der Waals surface area (Å²) in [5, 5.41) is 3.18. The van der Waals surface area contributed by atoms with Crippen LogP contribution in [0.15, 0.2) is 24.3 Å². The number of rotatable bonds is 4. The van der Waals surface area contributed by atoms with Crippen LogP contribution in [0.3, 0.4) is 0 Å². The molecule has 0 bridgehead atoms. The van der Waals surface area contributed by atoms with Crippen molar-refractivity contribution < 1.29 is 9.59 Å². The van der Waals surface area contributed by atoms with Crippen LogP contribution in [-0.2, 0) is 9.59 Å². The second-order valence-electron chi connectivity index (χ2n) is 5.97. The Bertz CT molecular complexity index is 550. The Labute approximate surface area is 131 Å². The number of amides is 2. The molecule has 1 unspecified atom stereocenters. The van der Waals surface area contributed by atoms with Crippen LogP contribution >= 0.6 is 0 Å². The first-order valence-corrected chi connectivity index (χ1v) is 8.15. The zero-order valence-corrected chi connectivity index (χ0v) is 13.0. The molecule has 0 saturated carbocycles. The standard InChI is InChI=1S/C17H23N3O2/c1-2-20-16(21)12-15(17(20)22)18-13-6-8-14(9-7-13)19-10-4-3-5-11-19/h6-9,15,18H,2-5,10-12H2,1H3. The molecule has 1 aromatic carbocycles. The van der Waals surface area contributed by atoms with Crippen LogP contribution in [0.2, 0.25) is 0 Å². The van der Waals surface area contributed by atoms with E-state index in [1.165, 1.54) is 29.8 Å². The lowest BCUT2D eigenvalue weighted by molar-refractivity contribution is -0.138. The van der Waals surface area contributed by atoms with Crippen molar-refractivity contribution in [3.05, 3.63) is 24.3 Å². The number of nitrogens with one attached hydrogen (secondary N) is 1. The summed E-state index contributed by atoms with van der Waals surface area (Å²) in [6, 6.07) is 7.75. The van der Waals surface area contributed by atoms with E-state index in [-0.39, 0.29) is 18.2 Å². The zero-order valence-electron chi connectivity index (χ0n) is 13.0. The van der Waals surface area contributed by atoms with Gasteiger partial charge >= 0.3 is 0 Å². The Morgan fingerprint density at radius 2 is 1.77 bits per heavy atom. The maximum Gasteiger partial charge on any atom is 0.252 e. The molecule has 22 heavy (non-hydrogen) atoms. The fraction of sp³-hybridized carbons (Fsp3) is 0.529. The molecule has 5 nitrogen and oxygen atoms in total. The van der Waals surface area contributed by atoms with Gasteiger partial charge in [0.2, 0.25) is 5.91 Å². The summed E-state index contributed by atoms with van der Waals surface area (Å²) in [6.07, 6.45) is 4.08. The van der Waals surface area contributed by atoms with E-state index in [9.17, 15) is 9.59 Å². The first kappa shape index (κ1) is 14.9. The number of likely N-dealkylation sites (tertiary alicyclic amines) is 1. The van der Waals surface area contributed by atoms with Crippen molar-refractivity contribution in [2.24, 2.45) is 0 Å². The maximum absolute atomic E-state index is 12.1. The summed E-state index contributed by atoms with van der Waals surface area (Å²) in [6.45, 7) is 4.51. The topological polar surface area (TPSA) is 52.7 Å². The quantitative estimate of drug-likeness (QED) is 0.867. The summed E-state index contributed by atoms with van der Waals surface area (Å²) in [4.78, 5) is 27.6. The predicted molar refractivity (Wildman–Crippen MR) is 86.9 cm³/mol. The van der Waals surface area contributed by atoms with E-state index in [2.05, 4.69) is 22.3 Å². The zero-order chi connectivity index (χ0) is 15.5. The van der Waals surface area contributed by atoms with Crippen LogP contribution in [0.4, 0.5) is 11.4 Å². The molecule has 0 spiro atoms. The van der Waals surface area contributed by atoms with Crippen LogP contribution in [0, 0.1) is 0 Å². The highest BCUT2D eigenvalue weighted by Crippen LogP contribution is 2.23.